The molecule has 3 amide bonds. The van der Waals surface area contributed by atoms with Gasteiger partial charge >= 0.3 is 6.09 Å². The zero-order chi connectivity index (χ0) is 13.9. The van der Waals surface area contributed by atoms with E-state index < -0.39 is 24.0 Å². The lowest BCUT2D eigenvalue weighted by Crippen LogP contribution is -2.45. The number of nitrogens with one attached hydrogen (secondary N) is 1. The van der Waals surface area contributed by atoms with Gasteiger partial charge in [-0.2, -0.15) is 0 Å². The van der Waals surface area contributed by atoms with E-state index in [1.54, 1.807) is 19.4 Å². The molecule has 102 valence electrons. The summed E-state index contributed by atoms with van der Waals surface area (Å²) >= 11 is 0. The van der Waals surface area contributed by atoms with Gasteiger partial charge in [0.2, 0.25) is 11.8 Å². The quantitative estimate of drug-likeness (QED) is 0.627. The predicted molar refractivity (Wildman–Crippen MR) is 61.7 cm³/mol. The van der Waals surface area contributed by atoms with Crippen molar-refractivity contribution in [1.29, 1.82) is 0 Å². The molecule has 7 nitrogen and oxygen atoms in total. The van der Waals surface area contributed by atoms with Gasteiger partial charge in [0.05, 0.1) is 12.0 Å². The van der Waals surface area contributed by atoms with Crippen molar-refractivity contribution in [3.05, 3.63) is 0 Å². The fourth-order valence-corrected chi connectivity index (χ4v) is 2.22. The lowest BCUT2D eigenvalue weighted by molar-refractivity contribution is -0.138. The summed E-state index contributed by atoms with van der Waals surface area (Å²) in [7, 11) is 3.25. The van der Waals surface area contributed by atoms with Crippen LogP contribution in [0.1, 0.15) is 19.3 Å². The van der Waals surface area contributed by atoms with Gasteiger partial charge in [-0.05, 0) is 19.3 Å². The average Bonchev–Trinajstić information content (AvgIpc) is 2.27. The second-order valence-corrected chi connectivity index (χ2v) is 4.71. The number of rotatable bonds is 2. The van der Waals surface area contributed by atoms with E-state index in [0.29, 0.717) is 12.8 Å². The minimum Gasteiger partial charge on any atom is -0.465 e. The molecule has 1 aliphatic carbocycles. The molecule has 1 saturated carbocycles. The van der Waals surface area contributed by atoms with Crippen molar-refractivity contribution < 1.29 is 24.6 Å². The first-order chi connectivity index (χ1) is 8.32. The van der Waals surface area contributed by atoms with E-state index in [1.807, 2.05) is 0 Å². The highest BCUT2D eigenvalue weighted by atomic mass is 16.4. The lowest BCUT2D eigenvalue weighted by Gasteiger charge is -2.32. The number of carbonyl (C=O) groups excluding carboxylic acids is 2. The van der Waals surface area contributed by atoms with Crippen LogP contribution >= 0.6 is 0 Å². The molecule has 0 aromatic heterocycles. The van der Waals surface area contributed by atoms with Crippen LogP contribution in [0.4, 0.5) is 4.79 Å². The Morgan fingerprint density at radius 1 is 1.22 bits per heavy atom. The summed E-state index contributed by atoms with van der Waals surface area (Å²) in [5.74, 6) is -2.03. The van der Waals surface area contributed by atoms with Crippen molar-refractivity contribution in [2.75, 3.05) is 14.1 Å². The SMILES string of the molecule is CN(C)C(=O)[C@H]1CC[C@@H](O)[C@H](C(=O)NC(=O)O)C1. The number of amides is 3. The average molecular weight is 258 g/mol. The molecule has 1 rings (SSSR count). The summed E-state index contributed by atoms with van der Waals surface area (Å²) in [6.07, 6.45) is -1.34. The van der Waals surface area contributed by atoms with E-state index in [0.717, 1.165) is 0 Å². The highest BCUT2D eigenvalue weighted by molar-refractivity contribution is 5.93. The van der Waals surface area contributed by atoms with E-state index in [1.165, 1.54) is 4.90 Å². The van der Waals surface area contributed by atoms with Crippen LogP contribution < -0.4 is 5.32 Å². The van der Waals surface area contributed by atoms with Crippen molar-refractivity contribution in [2.45, 2.75) is 25.4 Å². The molecule has 0 radical (unpaired) electrons. The fraction of sp³-hybridized carbons (Fsp3) is 0.727. The second-order valence-electron chi connectivity index (χ2n) is 4.71. The lowest BCUT2D eigenvalue weighted by atomic mass is 9.78. The minimum atomic E-state index is -1.45. The van der Waals surface area contributed by atoms with Gasteiger partial charge in [-0.3, -0.25) is 14.9 Å². The van der Waals surface area contributed by atoms with Crippen LogP contribution in [0.3, 0.4) is 0 Å². The zero-order valence-corrected chi connectivity index (χ0v) is 10.4. The summed E-state index contributed by atoms with van der Waals surface area (Å²) in [6.45, 7) is 0. The topological polar surface area (TPSA) is 107 Å². The summed E-state index contributed by atoms with van der Waals surface area (Å²) in [4.78, 5) is 35.2. The first kappa shape index (κ1) is 14.4. The van der Waals surface area contributed by atoms with E-state index >= 15 is 0 Å². The Morgan fingerprint density at radius 3 is 2.33 bits per heavy atom. The number of aliphatic hydroxyl groups excluding tert-OH is 1. The van der Waals surface area contributed by atoms with Crippen molar-refractivity contribution in [3.63, 3.8) is 0 Å². The second kappa shape index (κ2) is 5.81. The Hall–Kier alpha value is -1.63. The van der Waals surface area contributed by atoms with Gasteiger partial charge in [-0.25, -0.2) is 4.79 Å². The summed E-state index contributed by atoms with van der Waals surface area (Å²) < 4.78 is 0. The normalized spacial score (nSPS) is 27.4. The number of hydrogen-bond donors (Lipinski definition) is 3. The Labute approximate surface area is 105 Å². The number of nitrogens with zero attached hydrogens (tertiary/aromatic N) is 1. The number of carbonyl (C=O) groups is 3. The van der Waals surface area contributed by atoms with Gasteiger partial charge in [0, 0.05) is 20.0 Å². The highest BCUT2D eigenvalue weighted by Crippen LogP contribution is 2.30. The molecule has 0 bridgehead atoms. The molecule has 0 heterocycles. The Balaban J connectivity index is 2.69. The first-order valence-electron chi connectivity index (χ1n) is 5.76. The molecule has 0 aromatic carbocycles. The molecule has 1 fully saturated rings. The van der Waals surface area contributed by atoms with Crippen LogP contribution in [0.15, 0.2) is 0 Å². The maximum absolute atomic E-state index is 11.8. The van der Waals surface area contributed by atoms with Gasteiger partial charge in [-0.1, -0.05) is 0 Å². The minimum absolute atomic E-state index is 0.102. The molecular formula is C11H18N2O5. The summed E-state index contributed by atoms with van der Waals surface area (Å²) in [6, 6.07) is 0. The van der Waals surface area contributed by atoms with Crippen LogP contribution in [0.5, 0.6) is 0 Å². The number of aliphatic hydroxyl groups is 1. The summed E-state index contributed by atoms with van der Waals surface area (Å²) in [5, 5.41) is 19.9. The third kappa shape index (κ3) is 3.43. The highest BCUT2D eigenvalue weighted by Gasteiger charge is 2.37. The molecule has 0 saturated heterocycles. The van der Waals surface area contributed by atoms with Crippen LogP contribution in [0, 0.1) is 11.8 Å². The Bertz CT molecular complexity index is 355. The van der Waals surface area contributed by atoms with E-state index in [2.05, 4.69) is 0 Å². The van der Waals surface area contributed by atoms with Gasteiger partial charge < -0.3 is 15.1 Å². The van der Waals surface area contributed by atoms with Crippen molar-refractivity contribution in [3.8, 4) is 0 Å². The maximum Gasteiger partial charge on any atom is 0.411 e. The smallest absolute Gasteiger partial charge is 0.411 e. The zero-order valence-electron chi connectivity index (χ0n) is 10.4. The molecule has 1 aliphatic rings. The first-order valence-corrected chi connectivity index (χ1v) is 5.76. The molecule has 7 heteroatoms. The van der Waals surface area contributed by atoms with Gasteiger partial charge in [0.25, 0.3) is 0 Å². The van der Waals surface area contributed by atoms with Gasteiger partial charge in [-0.15, -0.1) is 0 Å². The molecule has 0 aromatic rings. The molecule has 0 unspecified atom stereocenters. The van der Waals surface area contributed by atoms with E-state index in [9.17, 15) is 19.5 Å². The van der Waals surface area contributed by atoms with E-state index in [4.69, 9.17) is 5.11 Å². The van der Waals surface area contributed by atoms with Crippen LogP contribution in [0.2, 0.25) is 0 Å². The van der Waals surface area contributed by atoms with E-state index in [-0.39, 0.29) is 18.2 Å². The Kier molecular flexibility index (Phi) is 4.66. The molecular weight excluding hydrogens is 240 g/mol. The number of imide groups is 1. The predicted octanol–water partition coefficient (Wildman–Crippen LogP) is -0.354. The van der Waals surface area contributed by atoms with Crippen LogP contribution in [0.25, 0.3) is 0 Å². The fourth-order valence-electron chi connectivity index (χ4n) is 2.22. The molecule has 0 spiro atoms. The van der Waals surface area contributed by atoms with Gasteiger partial charge in [0.15, 0.2) is 0 Å². The van der Waals surface area contributed by atoms with Crippen LogP contribution in [-0.2, 0) is 9.59 Å². The monoisotopic (exact) mass is 258 g/mol. The number of carboxylic acid groups (broad SMARTS) is 1. The molecule has 3 N–H and O–H groups in total. The standard InChI is InChI=1S/C11H18N2O5/c1-13(2)10(16)6-3-4-8(14)7(5-6)9(15)12-11(17)18/h6-8,14H,3-5H2,1-2H3,(H,12,15)(H,17,18)/t6-,7+,8+/m0/s1. The van der Waals surface area contributed by atoms with Crippen molar-refractivity contribution in [1.82, 2.24) is 10.2 Å². The molecule has 3 atom stereocenters. The third-order valence-corrected chi connectivity index (χ3v) is 3.17. The summed E-state index contributed by atoms with van der Waals surface area (Å²) in [5.41, 5.74) is 0. The number of hydrogen-bond acceptors (Lipinski definition) is 4. The van der Waals surface area contributed by atoms with Crippen molar-refractivity contribution >= 4 is 17.9 Å². The molecule has 0 aliphatic heterocycles. The van der Waals surface area contributed by atoms with Crippen LogP contribution in [-0.4, -0.2) is 53.2 Å². The largest absolute Gasteiger partial charge is 0.465 e. The maximum atomic E-state index is 11.8. The third-order valence-electron chi connectivity index (χ3n) is 3.17. The van der Waals surface area contributed by atoms with Gasteiger partial charge in [0.1, 0.15) is 0 Å². The van der Waals surface area contributed by atoms with Crippen molar-refractivity contribution in [2.24, 2.45) is 11.8 Å². The Morgan fingerprint density at radius 2 is 1.83 bits per heavy atom. The molecule has 18 heavy (non-hydrogen) atoms.